The van der Waals surface area contributed by atoms with E-state index in [1.54, 1.807) is 12.1 Å². The van der Waals surface area contributed by atoms with Crippen LogP contribution in [-0.2, 0) is 11.2 Å². The first-order valence-corrected chi connectivity index (χ1v) is 7.62. The van der Waals surface area contributed by atoms with E-state index >= 15 is 0 Å². The van der Waals surface area contributed by atoms with Crippen LogP contribution in [0.15, 0.2) is 24.3 Å². The Labute approximate surface area is 139 Å². The van der Waals surface area contributed by atoms with E-state index in [2.05, 4.69) is 15.5 Å². The number of benzene rings is 1. The molecule has 0 unspecified atom stereocenters. The Morgan fingerprint density at radius 2 is 1.85 bits per heavy atom. The Balaban J connectivity index is 2.02. The minimum Gasteiger partial charge on any atom is -0.297 e. The van der Waals surface area contributed by atoms with Gasteiger partial charge in [-0.05, 0) is 17.7 Å². The number of carbonyl (C=O) groups is 1. The molecule has 2 rings (SSSR count). The van der Waals surface area contributed by atoms with Crippen molar-refractivity contribution >= 4 is 68.8 Å². The van der Waals surface area contributed by atoms with Crippen molar-refractivity contribution in [1.82, 2.24) is 10.2 Å². The molecule has 0 saturated heterocycles. The summed E-state index contributed by atoms with van der Waals surface area (Å²) in [4.78, 5) is 11.5. The lowest BCUT2D eigenvalue weighted by atomic mass is 10.2. The summed E-state index contributed by atoms with van der Waals surface area (Å²) >= 11 is 23.4. The van der Waals surface area contributed by atoms with Gasteiger partial charge in [0.2, 0.25) is 5.13 Å². The van der Waals surface area contributed by atoms with E-state index in [9.17, 15) is 4.79 Å². The van der Waals surface area contributed by atoms with Gasteiger partial charge in [0.15, 0.2) is 0 Å². The molecular weight excluding hydrogens is 364 g/mol. The molecule has 1 N–H and O–H groups in total. The van der Waals surface area contributed by atoms with Crippen LogP contribution in [0.25, 0.3) is 0 Å². The van der Waals surface area contributed by atoms with Gasteiger partial charge in [0.25, 0.3) is 9.70 Å². The molecule has 1 aromatic heterocycles. The molecule has 0 radical (unpaired) electrons. The fraction of sp³-hybridized carbons (Fsp3) is 0.182. The number of alkyl halides is 3. The predicted molar refractivity (Wildman–Crippen MR) is 83.1 cm³/mol. The fourth-order valence-electron chi connectivity index (χ4n) is 1.32. The number of carbonyl (C=O) groups excluding carboxylic acids is 1. The molecule has 9 heteroatoms. The first-order valence-electron chi connectivity index (χ1n) is 5.29. The van der Waals surface area contributed by atoms with E-state index in [1.165, 1.54) is 11.3 Å². The Bertz CT molecular complexity index is 609. The lowest BCUT2D eigenvalue weighted by Crippen LogP contribution is -2.26. The third-order valence-corrected chi connectivity index (χ3v) is 3.82. The monoisotopic (exact) mass is 369 g/mol. The van der Waals surface area contributed by atoms with Crippen molar-refractivity contribution in [1.29, 1.82) is 0 Å². The molecule has 20 heavy (non-hydrogen) atoms. The Morgan fingerprint density at radius 1 is 1.20 bits per heavy atom. The number of rotatable bonds is 3. The highest BCUT2D eigenvalue weighted by Gasteiger charge is 2.31. The summed E-state index contributed by atoms with van der Waals surface area (Å²) in [5, 5.41) is 11.8. The molecule has 1 amide bonds. The highest BCUT2D eigenvalue weighted by Crippen LogP contribution is 2.28. The van der Waals surface area contributed by atoms with Crippen molar-refractivity contribution in [3.8, 4) is 0 Å². The second kappa shape index (κ2) is 6.45. The lowest BCUT2D eigenvalue weighted by Gasteiger charge is -2.08. The average molecular weight is 371 g/mol. The molecular formula is C11H7Cl4N3OS. The Kier molecular flexibility index (Phi) is 5.09. The fourth-order valence-corrected chi connectivity index (χ4v) is 2.36. The van der Waals surface area contributed by atoms with Gasteiger partial charge in [0.1, 0.15) is 5.01 Å². The van der Waals surface area contributed by atoms with Gasteiger partial charge in [-0.15, -0.1) is 10.2 Å². The maximum absolute atomic E-state index is 11.5. The zero-order valence-electron chi connectivity index (χ0n) is 9.74. The number of aromatic nitrogens is 2. The van der Waals surface area contributed by atoms with Crippen molar-refractivity contribution < 1.29 is 4.79 Å². The van der Waals surface area contributed by atoms with E-state index in [1.807, 2.05) is 12.1 Å². The molecule has 0 aliphatic heterocycles. The van der Waals surface area contributed by atoms with Crippen LogP contribution in [0, 0.1) is 0 Å². The molecule has 0 aliphatic rings. The molecule has 2 aromatic rings. The van der Waals surface area contributed by atoms with Crippen LogP contribution < -0.4 is 5.32 Å². The van der Waals surface area contributed by atoms with Crippen LogP contribution >= 0.6 is 57.7 Å². The van der Waals surface area contributed by atoms with Gasteiger partial charge in [-0.25, -0.2) is 0 Å². The summed E-state index contributed by atoms with van der Waals surface area (Å²) in [6.07, 6.45) is 0.582. The van der Waals surface area contributed by atoms with Crippen LogP contribution in [0.2, 0.25) is 5.02 Å². The van der Waals surface area contributed by atoms with Gasteiger partial charge in [-0.1, -0.05) is 69.9 Å². The molecule has 106 valence electrons. The molecule has 0 saturated carbocycles. The largest absolute Gasteiger partial charge is 0.297 e. The maximum atomic E-state index is 11.5. The van der Waals surface area contributed by atoms with Gasteiger partial charge in [0, 0.05) is 11.4 Å². The standard InChI is InChI=1S/C11H7Cl4N3OS/c12-7-3-1-6(2-4-7)5-8-17-18-10(20-8)16-9(19)11(13,14)15/h1-4H,5H2,(H,16,18,19). The van der Waals surface area contributed by atoms with Gasteiger partial charge >= 0.3 is 0 Å². The van der Waals surface area contributed by atoms with Crippen LogP contribution in [0.5, 0.6) is 0 Å². The lowest BCUT2D eigenvalue weighted by molar-refractivity contribution is -0.115. The average Bonchev–Trinajstić information content (AvgIpc) is 2.78. The summed E-state index contributed by atoms with van der Waals surface area (Å²) in [6, 6.07) is 7.37. The van der Waals surface area contributed by atoms with E-state index in [-0.39, 0.29) is 5.13 Å². The zero-order chi connectivity index (χ0) is 14.8. The van der Waals surface area contributed by atoms with E-state index in [0.29, 0.717) is 11.4 Å². The normalized spacial score (nSPS) is 11.4. The zero-order valence-corrected chi connectivity index (χ0v) is 13.6. The minimum atomic E-state index is -2.03. The van der Waals surface area contributed by atoms with Crippen molar-refractivity contribution in [2.24, 2.45) is 0 Å². The summed E-state index contributed by atoms with van der Waals surface area (Å²) in [5.41, 5.74) is 1.03. The Hall–Kier alpha value is -0.590. The number of amides is 1. The molecule has 0 aliphatic carbocycles. The SMILES string of the molecule is O=C(Nc1nnc(Cc2ccc(Cl)cc2)s1)C(Cl)(Cl)Cl. The molecule has 0 fully saturated rings. The highest BCUT2D eigenvalue weighted by molar-refractivity contribution is 7.15. The first kappa shape index (κ1) is 15.8. The smallest absolute Gasteiger partial charge is 0.278 e. The number of halogens is 4. The van der Waals surface area contributed by atoms with Gasteiger partial charge in [-0.2, -0.15) is 0 Å². The van der Waals surface area contributed by atoms with Crippen LogP contribution in [0.4, 0.5) is 5.13 Å². The molecule has 0 bridgehead atoms. The second-order valence-corrected chi connectivity index (χ2v) is 7.54. The van der Waals surface area contributed by atoms with Crippen molar-refractivity contribution in [3.05, 3.63) is 39.9 Å². The third-order valence-electron chi connectivity index (χ3n) is 2.21. The van der Waals surface area contributed by atoms with Gasteiger partial charge < -0.3 is 0 Å². The summed E-state index contributed by atoms with van der Waals surface area (Å²) < 4.78 is -2.03. The number of hydrogen-bond acceptors (Lipinski definition) is 4. The quantitative estimate of drug-likeness (QED) is 0.827. The van der Waals surface area contributed by atoms with Crippen molar-refractivity contribution in [3.63, 3.8) is 0 Å². The molecule has 1 heterocycles. The van der Waals surface area contributed by atoms with Crippen LogP contribution in [-0.4, -0.2) is 19.9 Å². The molecule has 4 nitrogen and oxygen atoms in total. The van der Waals surface area contributed by atoms with E-state index in [0.717, 1.165) is 10.6 Å². The number of anilines is 1. The number of hydrogen-bond donors (Lipinski definition) is 1. The van der Waals surface area contributed by atoms with E-state index in [4.69, 9.17) is 46.4 Å². The minimum absolute atomic E-state index is 0.283. The summed E-state index contributed by atoms with van der Waals surface area (Å²) in [5.74, 6) is -0.767. The van der Waals surface area contributed by atoms with E-state index < -0.39 is 9.70 Å². The number of nitrogens with one attached hydrogen (secondary N) is 1. The van der Waals surface area contributed by atoms with Crippen molar-refractivity contribution in [2.45, 2.75) is 10.2 Å². The topological polar surface area (TPSA) is 54.9 Å². The molecule has 0 atom stereocenters. The maximum Gasteiger partial charge on any atom is 0.278 e. The van der Waals surface area contributed by atoms with Gasteiger partial charge in [0.05, 0.1) is 0 Å². The van der Waals surface area contributed by atoms with Crippen LogP contribution in [0.3, 0.4) is 0 Å². The number of nitrogens with zero attached hydrogens (tertiary/aromatic N) is 2. The van der Waals surface area contributed by atoms with Crippen LogP contribution in [0.1, 0.15) is 10.6 Å². The highest BCUT2D eigenvalue weighted by atomic mass is 35.6. The molecule has 0 spiro atoms. The summed E-state index contributed by atoms with van der Waals surface area (Å²) in [6.45, 7) is 0. The van der Waals surface area contributed by atoms with Crippen molar-refractivity contribution in [2.75, 3.05) is 5.32 Å². The Morgan fingerprint density at radius 3 is 2.45 bits per heavy atom. The summed E-state index contributed by atoms with van der Waals surface area (Å²) in [7, 11) is 0. The third kappa shape index (κ3) is 4.46. The predicted octanol–water partition coefficient (Wildman–Crippen LogP) is 4.09. The second-order valence-electron chi connectivity index (χ2n) is 3.76. The first-order chi connectivity index (χ1) is 9.34. The van der Waals surface area contributed by atoms with Gasteiger partial charge in [-0.3, -0.25) is 10.1 Å². The molecule has 1 aromatic carbocycles.